The smallest absolute Gasteiger partial charge is 0.336 e. The van der Waals surface area contributed by atoms with Gasteiger partial charge in [0.05, 0.1) is 24.5 Å². The highest BCUT2D eigenvalue weighted by Crippen LogP contribution is 2.12. The summed E-state index contributed by atoms with van der Waals surface area (Å²) < 4.78 is 15.3. The van der Waals surface area contributed by atoms with Gasteiger partial charge in [-0.2, -0.15) is 0 Å². The maximum absolute atomic E-state index is 11.4. The van der Waals surface area contributed by atoms with Gasteiger partial charge in [0, 0.05) is 6.61 Å². The first-order chi connectivity index (χ1) is 7.74. The van der Waals surface area contributed by atoms with Gasteiger partial charge in [0.25, 0.3) is 0 Å². The fraction of sp³-hybridized carbons (Fsp3) is 0.727. The zero-order chi connectivity index (χ0) is 11.8. The van der Waals surface area contributed by atoms with Crippen molar-refractivity contribution >= 4 is 5.97 Å². The third kappa shape index (κ3) is 4.63. The zero-order valence-corrected chi connectivity index (χ0v) is 9.48. The van der Waals surface area contributed by atoms with Crippen LogP contribution < -0.4 is 0 Å². The van der Waals surface area contributed by atoms with Gasteiger partial charge in [0.2, 0.25) is 0 Å². The summed E-state index contributed by atoms with van der Waals surface area (Å²) in [6.45, 7) is 2.75. The van der Waals surface area contributed by atoms with Crippen molar-refractivity contribution in [3.05, 3.63) is 11.8 Å². The molecule has 92 valence electrons. The second-order valence-electron chi connectivity index (χ2n) is 3.63. The first-order valence-electron chi connectivity index (χ1n) is 5.42. The maximum atomic E-state index is 11.4. The van der Waals surface area contributed by atoms with Crippen molar-refractivity contribution in [3.8, 4) is 0 Å². The Morgan fingerprint density at radius 3 is 3.06 bits per heavy atom. The molecule has 0 aliphatic carbocycles. The van der Waals surface area contributed by atoms with Crippen LogP contribution in [0.4, 0.5) is 0 Å². The second kappa shape index (κ2) is 7.24. The Hall–Kier alpha value is -1.07. The van der Waals surface area contributed by atoms with Crippen LogP contribution in [-0.2, 0) is 19.0 Å². The van der Waals surface area contributed by atoms with Crippen molar-refractivity contribution in [1.82, 2.24) is 0 Å². The van der Waals surface area contributed by atoms with E-state index in [1.165, 1.54) is 6.26 Å². The summed E-state index contributed by atoms with van der Waals surface area (Å²) in [6, 6.07) is 0. The summed E-state index contributed by atoms with van der Waals surface area (Å²) in [7, 11) is 0. The molecule has 0 saturated carbocycles. The van der Waals surface area contributed by atoms with E-state index in [0.717, 1.165) is 19.4 Å². The molecule has 0 spiro atoms. The fourth-order valence-electron chi connectivity index (χ4n) is 1.34. The third-order valence-electron chi connectivity index (χ3n) is 2.22. The van der Waals surface area contributed by atoms with Crippen molar-refractivity contribution in [2.75, 3.05) is 26.4 Å². The van der Waals surface area contributed by atoms with Gasteiger partial charge in [-0.05, 0) is 19.8 Å². The Bertz CT molecular complexity index is 243. The maximum Gasteiger partial charge on any atom is 0.336 e. The summed E-state index contributed by atoms with van der Waals surface area (Å²) in [5.41, 5.74) is 0.381. The number of carbonyl (C=O) groups is 1. The fourth-order valence-corrected chi connectivity index (χ4v) is 1.34. The minimum Gasteiger partial charge on any atom is -0.498 e. The summed E-state index contributed by atoms with van der Waals surface area (Å²) in [6.07, 6.45) is 3.30. The number of hydrogen-bond acceptors (Lipinski definition) is 5. The minimum absolute atomic E-state index is 0.0371. The van der Waals surface area contributed by atoms with E-state index in [4.69, 9.17) is 19.3 Å². The van der Waals surface area contributed by atoms with Crippen LogP contribution in [0.2, 0.25) is 0 Å². The number of carbonyl (C=O) groups excluding carboxylic acids is 1. The monoisotopic (exact) mass is 230 g/mol. The lowest BCUT2D eigenvalue weighted by Gasteiger charge is -2.10. The molecule has 0 amide bonds. The lowest BCUT2D eigenvalue weighted by atomic mass is 10.2. The molecule has 1 aliphatic rings. The number of esters is 1. The Morgan fingerprint density at radius 1 is 1.62 bits per heavy atom. The molecule has 1 fully saturated rings. The summed E-state index contributed by atoms with van der Waals surface area (Å²) in [5.74, 6) is -0.409. The van der Waals surface area contributed by atoms with Crippen molar-refractivity contribution in [1.29, 1.82) is 0 Å². The largest absolute Gasteiger partial charge is 0.498 e. The molecule has 0 aromatic heterocycles. The molecular weight excluding hydrogens is 212 g/mol. The van der Waals surface area contributed by atoms with E-state index < -0.39 is 5.97 Å². The standard InChI is InChI=1S/C11H18O5/c1-9(7-14-6-4-12)11(13)16-8-10-3-2-5-15-10/h7,10,12H,2-6,8H2,1H3. The molecule has 1 heterocycles. The summed E-state index contributed by atoms with van der Waals surface area (Å²) in [4.78, 5) is 11.4. The van der Waals surface area contributed by atoms with Gasteiger partial charge in [0.15, 0.2) is 0 Å². The van der Waals surface area contributed by atoms with Crippen LogP contribution in [0.15, 0.2) is 11.8 Å². The molecule has 1 saturated heterocycles. The third-order valence-corrected chi connectivity index (χ3v) is 2.22. The van der Waals surface area contributed by atoms with Gasteiger partial charge < -0.3 is 19.3 Å². The van der Waals surface area contributed by atoms with E-state index in [1.807, 2.05) is 0 Å². The molecule has 1 rings (SSSR count). The highest BCUT2D eigenvalue weighted by Gasteiger charge is 2.17. The molecule has 16 heavy (non-hydrogen) atoms. The lowest BCUT2D eigenvalue weighted by Crippen LogP contribution is -2.18. The molecule has 0 bridgehead atoms. The van der Waals surface area contributed by atoms with Crippen molar-refractivity contribution in [2.24, 2.45) is 0 Å². The van der Waals surface area contributed by atoms with Crippen LogP contribution in [-0.4, -0.2) is 43.6 Å². The quantitative estimate of drug-likeness (QED) is 0.313. The van der Waals surface area contributed by atoms with Gasteiger partial charge in [0.1, 0.15) is 13.2 Å². The SMILES string of the molecule is CC(=COCCO)C(=O)OCC1CCCO1. The Balaban J connectivity index is 2.19. The number of hydrogen-bond donors (Lipinski definition) is 1. The predicted molar refractivity (Wildman–Crippen MR) is 56.7 cm³/mol. The number of aliphatic hydroxyl groups is 1. The van der Waals surface area contributed by atoms with Gasteiger partial charge in [-0.25, -0.2) is 4.79 Å². The van der Waals surface area contributed by atoms with Gasteiger partial charge in [-0.3, -0.25) is 0 Å². The first kappa shape index (κ1) is 13.0. The number of ether oxygens (including phenoxy) is 3. The van der Waals surface area contributed by atoms with E-state index in [2.05, 4.69) is 0 Å². The molecule has 0 radical (unpaired) electrons. The second-order valence-corrected chi connectivity index (χ2v) is 3.63. The predicted octanol–water partition coefficient (Wildman–Crippen LogP) is 0.621. The Kier molecular flexibility index (Phi) is 5.88. The molecule has 5 nitrogen and oxygen atoms in total. The van der Waals surface area contributed by atoms with Gasteiger partial charge in [-0.15, -0.1) is 0 Å². The van der Waals surface area contributed by atoms with Crippen LogP contribution in [0.25, 0.3) is 0 Å². The van der Waals surface area contributed by atoms with E-state index in [1.54, 1.807) is 6.92 Å². The van der Waals surface area contributed by atoms with Gasteiger partial charge in [-0.1, -0.05) is 0 Å². The summed E-state index contributed by atoms with van der Waals surface area (Å²) in [5, 5.41) is 8.48. The molecular formula is C11H18O5. The number of rotatable bonds is 6. The Labute approximate surface area is 95.0 Å². The van der Waals surface area contributed by atoms with E-state index in [0.29, 0.717) is 12.2 Å². The normalized spacial score (nSPS) is 20.9. The molecule has 1 atom stereocenters. The minimum atomic E-state index is -0.409. The molecule has 0 aromatic carbocycles. The van der Waals surface area contributed by atoms with Crippen LogP contribution in [0.5, 0.6) is 0 Å². The molecule has 1 unspecified atom stereocenters. The number of aliphatic hydroxyl groups excluding tert-OH is 1. The zero-order valence-electron chi connectivity index (χ0n) is 9.48. The molecule has 5 heteroatoms. The van der Waals surface area contributed by atoms with E-state index >= 15 is 0 Å². The average molecular weight is 230 g/mol. The summed E-state index contributed by atoms with van der Waals surface area (Å²) >= 11 is 0. The molecule has 1 aliphatic heterocycles. The highest BCUT2D eigenvalue weighted by atomic mass is 16.6. The van der Waals surface area contributed by atoms with Crippen LogP contribution in [0, 0.1) is 0 Å². The first-order valence-corrected chi connectivity index (χ1v) is 5.42. The van der Waals surface area contributed by atoms with Crippen molar-refractivity contribution in [3.63, 3.8) is 0 Å². The molecule has 0 aromatic rings. The van der Waals surface area contributed by atoms with E-state index in [9.17, 15) is 4.79 Å². The lowest BCUT2D eigenvalue weighted by molar-refractivity contribution is -0.142. The van der Waals surface area contributed by atoms with Crippen molar-refractivity contribution < 1.29 is 24.1 Å². The topological polar surface area (TPSA) is 65.0 Å². The van der Waals surface area contributed by atoms with Gasteiger partial charge >= 0.3 is 5.97 Å². The van der Waals surface area contributed by atoms with Crippen LogP contribution in [0.3, 0.4) is 0 Å². The highest BCUT2D eigenvalue weighted by molar-refractivity contribution is 5.87. The van der Waals surface area contributed by atoms with Crippen LogP contribution >= 0.6 is 0 Å². The molecule has 1 N–H and O–H groups in total. The van der Waals surface area contributed by atoms with E-state index in [-0.39, 0.29) is 19.3 Å². The van der Waals surface area contributed by atoms with Crippen molar-refractivity contribution in [2.45, 2.75) is 25.9 Å². The average Bonchev–Trinajstić information content (AvgIpc) is 2.79. The van der Waals surface area contributed by atoms with Crippen LogP contribution in [0.1, 0.15) is 19.8 Å². The Morgan fingerprint density at radius 2 is 2.44 bits per heavy atom.